The number of hydrogen-bond acceptors (Lipinski definition) is 4. The molecule has 1 aliphatic rings. The van der Waals surface area contributed by atoms with Crippen LogP contribution in [0.3, 0.4) is 0 Å². The molecule has 0 unspecified atom stereocenters. The monoisotopic (exact) mass is 502 g/mol. The van der Waals surface area contributed by atoms with Crippen LogP contribution in [0.15, 0.2) is 83.8 Å². The van der Waals surface area contributed by atoms with Gasteiger partial charge in [-0.25, -0.2) is 8.42 Å². The molecule has 0 bridgehead atoms. The topological polar surface area (TPSA) is 66.5 Å². The lowest BCUT2D eigenvalue weighted by molar-refractivity contribution is 0.102. The number of amides is 1. The van der Waals surface area contributed by atoms with Crippen molar-refractivity contribution in [2.45, 2.75) is 24.3 Å². The average Bonchev–Trinajstić information content (AvgIpc) is 3.28. The first-order valence-corrected chi connectivity index (χ1v) is 14.5. The predicted molar refractivity (Wildman–Crippen MR) is 145 cm³/mol. The van der Waals surface area contributed by atoms with Crippen LogP contribution in [0, 0.1) is 0 Å². The van der Waals surface area contributed by atoms with Crippen LogP contribution < -0.4 is 9.62 Å². The number of anilines is 2. The Hall–Kier alpha value is -3.29. The first kappa shape index (κ1) is 23.5. The number of nitrogens with one attached hydrogen (secondary N) is 1. The van der Waals surface area contributed by atoms with E-state index in [1.165, 1.54) is 27.1 Å². The van der Waals surface area contributed by atoms with Crippen LogP contribution in [0.5, 0.6) is 0 Å². The molecule has 5 nitrogen and oxygen atoms in total. The molecule has 1 N–H and O–H groups in total. The largest absolute Gasteiger partial charge is 0.321 e. The Bertz CT molecular complexity index is 1520. The van der Waals surface area contributed by atoms with Crippen LogP contribution in [-0.2, 0) is 29.4 Å². The summed E-state index contributed by atoms with van der Waals surface area (Å²) in [6, 6.07) is 24.9. The SMILES string of the molecule is CSc1cccc(N(Cc2ccc(C(=O)Nc3ccc4c5c(cccc35)CC4)cc2)S(C)(=O)=O)c1. The Morgan fingerprint density at radius 2 is 1.66 bits per heavy atom. The van der Waals surface area contributed by atoms with Gasteiger partial charge in [-0.2, -0.15) is 0 Å². The fourth-order valence-electron chi connectivity index (χ4n) is 4.64. The van der Waals surface area contributed by atoms with Gasteiger partial charge in [-0.05, 0) is 77.6 Å². The zero-order valence-corrected chi connectivity index (χ0v) is 21.2. The highest BCUT2D eigenvalue weighted by Gasteiger charge is 2.19. The standard InChI is InChI=1S/C28H26N2O3S2/c1-34-24-7-4-6-23(17-24)30(35(2,32)33)18-19-9-11-22(12-10-19)28(31)29-26-16-15-21-14-13-20-5-3-8-25(26)27(20)21/h3-12,15-17H,13-14,18H2,1-2H3,(H,29,31). The van der Waals surface area contributed by atoms with Crippen molar-refractivity contribution in [2.75, 3.05) is 22.1 Å². The summed E-state index contributed by atoms with van der Waals surface area (Å²) in [7, 11) is -3.49. The van der Waals surface area contributed by atoms with E-state index in [1.807, 2.05) is 36.6 Å². The third-order valence-corrected chi connectivity index (χ3v) is 8.27. The zero-order valence-electron chi connectivity index (χ0n) is 19.6. The van der Waals surface area contributed by atoms with Crippen molar-refractivity contribution in [3.8, 4) is 0 Å². The molecule has 0 aliphatic heterocycles. The Morgan fingerprint density at radius 1 is 0.943 bits per heavy atom. The minimum atomic E-state index is -3.49. The number of benzene rings is 4. The number of thioether (sulfide) groups is 1. The maximum Gasteiger partial charge on any atom is 0.255 e. The van der Waals surface area contributed by atoms with Crippen LogP contribution in [0.1, 0.15) is 27.0 Å². The van der Waals surface area contributed by atoms with Crippen molar-refractivity contribution >= 4 is 49.8 Å². The highest BCUT2D eigenvalue weighted by molar-refractivity contribution is 7.98. The average molecular weight is 503 g/mol. The first-order valence-electron chi connectivity index (χ1n) is 11.4. The van der Waals surface area contributed by atoms with Crippen molar-refractivity contribution in [1.82, 2.24) is 0 Å². The number of nitrogens with zero attached hydrogens (tertiary/aromatic N) is 1. The smallest absolute Gasteiger partial charge is 0.255 e. The molecule has 1 aliphatic carbocycles. The summed E-state index contributed by atoms with van der Waals surface area (Å²) in [6.07, 6.45) is 5.24. The van der Waals surface area contributed by atoms with Crippen LogP contribution in [0.4, 0.5) is 11.4 Å². The van der Waals surface area contributed by atoms with Crippen LogP contribution >= 0.6 is 11.8 Å². The Morgan fingerprint density at radius 3 is 2.37 bits per heavy atom. The second-order valence-electron chi connectivity index (χ2n) is 8.73. The van der Waals surface area contributed by atoms with Gasteiger partial charge < -0.3 is 5.32 Å². The molecular formula is C28H26N2O3S2. The second-order valence-corrected chi connectivity index (χ2v) is 11.5. The number of aryl methyl sites for hydroxylation is 2. The van der Waals surface area contributed by atoms with Crippen molar-refractivity contribution in [3.05, 3.63) is 101 Å². The third kappa shape index (κ3) is 4.79. The van der Waals surface area contributed by atoms with E-state index in [0.29, 0.717) is 11.3 Å². The molecule has 0 fully saturated rings. The van der Waals surface area contributed by atoms with Gasteiger partial charge in [0.05, 0.1) is 18.5 Å². The molecule has 0 aromatic heterocycles. The van der Waals surface area contributed by atoms with Gasteiger partial charge in [-0.15, -0.1) is 11.8 Å². The summed E-state index contributed by atoms with van der Waals surface area (Å²) in [5, 5.41) is 5.38. The number of rotatable bonds is 7. The molecule has 4 aromatic carbocycles. The van der Waals surface area contributed by atoms with E-state index >= 15 is 0 Å². The number of sulfonamides is 1. The lowest BCUT2D eigenvalue weighted by Gasteiger charge is -2.23. The van der Waals surface area contributed by atoms with Gasteiger partial charge in [-0.3, -0.25) is 9.10 Å². The van der Waals surface area contributed by atoms with Crippen LogP contribution in [-0.4, -0.2) is 26.8 Å². The molecular weight excluding hydrogens is 476 g/mol. The first-order chi connectivity index (χ1) is 16.8. The fraction of sp³-hybridized carbons (Fsp3) is 0.179. The molecule has 0 spiro atoms. The second kappa shape index (κ2) is 9.40. The summed E-state index contributed by atoms with van der Waals surface area (Å²) in [5.41, 5.74) is 5.40. The van der Waals surface area contributed by atoms with Gasteiger partial charge in [-0.1, -0.05) is 42.5 Å². The normalized spacial score (nSPS) is 12.6. The lowest BCUT2D eigenvalue weighted by Crippen LogP contribution is -2.29. The molecule has 4 aromatic rings. The van der Waals surface area contributed by atoms with Gasteiger partial charge in [0.1, 0.15) is 0 Å². The van der Waals surface area contributed by atoms with E-state index < -0.39 is 10.0 Å². The van der Waals surface area contributed by atoms with Gasteiger partial charge in [0, 0.05) is 21.5 Å². The van der Waals surface area contributed by atoms with E-state index in [9.17, 15) is 13.2 Å². The Balaban J connectivity index is 1.36. The predicted octanol–water partition coefficient (Wildman–Crippen LogP) is 5.88. The Labute approximate surface area is 210 Å². The Kier molecular flexibility index (Phi) is 6.30. The van der Waals surface area contributed by atoms with E-state index in [2.05, 4.69) is 23.5 Å². The molecule has 1 amide bonds. The van der Waals surface area contributed by atoms with E-state index in [0.717, 1.165) is 34.4 Å². The minimum Gasteiger partial charge on any atom is -0.321 e. The summed E-state index contributed by atoms with van der Waals surface area (Å²) in [5.74, 6) is -0.192. The molecule has 0 radical (unpaired) electrons. The van der Waals surface area contributed by atoms with Gasteiger partial charge in [0.15, 0.2) is 0 Å². The summed E-state index contributed by atoms with van der Waals surface area (Å²) in [4.78, 5) is 14.0. The van der Waals surface area contributed by atoms with E-state index in [1.54, 1.807) is 42.1 Å². The van der Waals surface area contributed by atoms with Gasteiger partial charge in [0.25, 0.3) is 5.91 Å². The molecule has 0 atom stereocenters. The quantitative estimate of drug-likeness (QED) is 0.321. The maximum atomic E-state index is 13.0. The van der Waals surface area contributed by atoms with Gasteiger partial charge >= 0.3 is 0 Å². The highest BCUT2D eigenvalue weighted by atomic mass is 32.2. The van der Waals surface area contributed by atoms with Gasteiger partial charge in [0.2, 0.25) is 10.0 Å². The number of carbonyl (C=O) groups is 1. The lowest BCUT2D eigenvalue weighted by atomic mass is 10.0. The van der Waals surface area contributed by atoms with Crippen molar-refractivity contribution in [1.29, 1.82) is 0 Å². The maximum absolute atomic E-state index is 13.0. The number of hydrogen-bond donors (Lipinski definition) is 1. The van der Waals surface area contributed by atoms with Crippen molar-refractivity contribution < 1.29 is 13.2 Å². The molecule has 35 heavy (non-hydrogen) atoms. The molecule has 0 heterocycles. The molecule has 5 rings (SSSR count). The van der Waals surface area contributed by atoms with E-state index in [4.69, 9.17) is 0 Å². The highest BCUT2D eigenvalue weighted by Crippen LogP contribution is 2.35. The van der Waals surface area contributed by atoms with Crippen molar-refractivity contribution in [2.24, 2.45) is 0 Å². The summed E-state index contributed by atoms with van der Waals surface area (Å²) >= 11 is 1.56. The zero-order chi connectivity index (χ0) is 24.6. The minimum absolute atomic E-state index is 0.188. The molecule has 0 saturated carbocycles. The molecule has 7 heteroatoms. The fourth-order valence-corrected chi connectivity index (χ4v) is 5.98. The van der Waals surface area contributed by atoms with Crippen LogP contribution in [0.25, 0.3) is 10.8 Å². The molecule has 178 valence electrons. The van der Waals surface area contributed by atoms with Crippen LogP contribution in [0.2, 0.25) is 0 Å². The molecule has 0 saturated heterocycles. The summed E-state index contributed by atoms with van der Waals surface area (Å²) in [6.45, 7) is 0.188. The van der Waals surface area contributed by atoms with Crippen molar-refractivity contribution in [3.63, 3.8) is 0 Å². The number of carbonyl (C=O) groups excluding carboxylic acids is 1. The third-order valence-electron chi connectivity index (χ3n) is 6.41. The summed E-state index contributed by atoms with van der Waals surface area (Å²) < 4.78 is 26.4. The van der Waals surface area contributed by atoms with E-state index in [-0.39, 0.29) is 12.5 Å².